The predicted octanol–water partition coefficient (Wildman–Crippen LogP) is 4.45. The van der Waals surface area contributed by atoms with Crippen LogP contribution in [0.3, 0.4) is 0 Å². The van der Waals surface area contributed by atoms with E-state index in [0.29, 0.717) is 23.5 Å². The zero-order valence-corrected chi connectivity index (χ0v) is 17.5. The van der Waals surface area contributed by atoms with E-state index in [1.54, 1.807) is 43.3 Å². The average Bonchev–Trinajstić information content (AvgIpc) is 2.74. The first-order valence-corrected chi connectivity index (χ1v) is 10.8. The second kappa shape index (κ2) is 9.77. The Bertz CT molecular complexity index is 1160. The van der Waals surface area contributed by atoms with Crippen molar-refractivity contribution in [1.82, 2.24) is 0 Å². The van der Waals surface area contributed by atoms with Gasteiger partial charge in [-0.25, -0.2) is 4.79 Å². The molecule has 160 valence electrons. The van der Waals surface area contributed by atoms with Crippen molar-refractivity contribution in [2.45, 2.75) is 18.2 Å². The van der Waals surface area contributed by atoms with Gasteiger partial charge in [0.25, 0.3) is 0 Å². The highest BCUT2D eigenvalue weighted by atomic mass is 32.2. The molecule has 0 radical (unpaired) electrons. The molecule has 0 aliphatic rings. The molecule has 3 N–H and O–H groups in total. The summed E-state index contributed by atoms with van der Waals surface area (Å²) < 4.78 is 30.3. The quantitative estimate of drug-likeness (QED) is 0.471. The zero-order valence-electron chi connectivity index (χ0n) is 16.7. The molecule has 0 bridgehead atoms. The fourth-order valence-electron chi connectivity index (χ4n) is 2.57. The third-order valence-corrected chi connectivity index (χ3v) is 5.34. The number of anilines is 3. The summed E-state index contributed by atoms with van der Waals surface area (Å²) in [6.45, 7) is 1.72. The average molecular weight is 439 g/mol. The van der Waals surface area contributed by atoms with Gasteiger partial charge in [-0.15, -0.1) is 0 Å². The molecule has 3 rings (SSSR count). The first kappa shape index (κ1) is 21.8. The number of hydrogen-bond acceptors (Lipinski definition) is 5. The summed E-state index contributed by atoms with van der Waals surface area (Å²) in [5, 5.41) is 7.93. The van der Waals surface area contributed by atoms with Gasteiger partial charge in [-0.05, 0) is 48.5 Å². The van der Waals surface area contributed by atoms with E-state index in [1.807, 2.05) is 6.07 Å². The first-order valence-electron chi connectivity index (χ1n) is 9.43. The smallest absolute Gasteiger partial charge is 0.339 e. The van der Waals surface area contributed by atoms with Crippen LogP contribution >= 0.6 is 0 Å². The Kier molecular flexibility index (Phi) is 6.88. The number of carbonyl (C=O) groups is 2. The molecule has 3 aromatic carbocycles. The number of para-hydroxylation sites is 1. The Morgan fingerprint density at radius 3 is 2.06 bits per heavy atom. The summed E-state index contributed by atoms with van der Waals surface area (Å²) in [7, 11) is -4.10. The lowest BCUT2D eigenvalue weighted by Gasteiger charge is -2.11. The van der Waals surface area contributed by atoms with Crippen LogP contribution in [0.15, 0.2) is 83.8 Å². The van der Waals surface area contributed by atoms with Crippen molar-refractivity contribution in [3.63, 3.8) is 0 Å². The number of hydrogen-bond donors (Lipinski definition) is 3. The van der Waals surface area contributed by atoms with Crippen molar-refractivity contribution in [3.8, 4) is 5.75 Å². The molecule has 8 nitrogen and oxygen atoms in total. The Morgan fingerprint density at radius 2 is 1.39 bits per heavy atom. The van der Waals surface area contributed by atoms with Crippen LogP contribution in [0.5, 0.6) is 5.75 Å². The van der Waals surface area contributed by atoms with Crippen molar-refractivity contribution in [1.29, 1.82) is 0 Å². The van der Waals surface area contributed by atoms with Gasteiger partial charge in [-0.1, -0.05) is 31.2 Å². The van der Waals surface area contributed by atoms with Crippen LogP contribution in [0, 0.1) is 0 Å². The molecule has 31 heavy (non-hydrogen) atoms. The van der Waals surface area contributed by atoms with Crippen LogP contribution in [-0.2, 0) is 14.9 Å². The Labute approximate surface area is 180 Å². The number of rotatable bonds is 7. The minimum atomic E-state index is -4.10. The van der Waals surface area contributed by atoms with Gasteiger partial charge in [0.1, 0.15) is 10.6 Å². The zero-order chi connectivity index (χ0) is 22.3. The Balaban J connectivity index is 1.66. The van der Waals surface area contributed by atoms with E-state index in [1.165, 1.54) is 36.4 Å². The van der Waals surface area contributed by atoms with Crippen molar-refractivity contribution in [2.75, 3.05) is 16.0 Å². The third kappa shape index (κ3) is 6.31. The molecule has 0 heterocycles. The maximum absolute atomic E-state index is 12.6. The molecule has 0 unspecified atom stereocenters. The van der Waals surface area contributed by atoms with Crippen LogP contribution in [0.2, 0.25) is 0 Å². The van der Waals surface area contributed by atoms with Gasteiger partial charge < -0.3 is 20.1 Å². The highest BCUT2D eigenvalue weighted by Crippen LogP contribution is 2.23. The number of urea groups is 1. The summed E-state index contributed by atoms with van der Waals surface area (Å²) in [5.41, 5.74) is 1.47. The summed E-state index contributed by atoms with van der Waals surface area (Å²) in [6.07, 6.45) is 0.316. The Hall–Kier alpha value is -3.85. The van der Waals surface area contributed by atoms with Gasteiger partial charge in [-0.3, -0.25) is 4.79 Å². The first-order chi connectivity index (χ1) is 14.9. The van der Waals surface area contributed by atoms with Gasteiger partial charge in [0.2, 0.25) is 5.91 Å². The standard InChI is InChI=1S/C22H21N3O5S/c1-2-21(26)23-17-11-13-20(14-12-17)31(28,29)30-19-10-6-9-18(15-19)25-22(27)24-16-7-4-3-5-8-16/h3-15H,2H2,1H3,(H,23,26)(H2,24,25,27). The summed E-state index contributed by atoms with van der Waals surface area (Å²) in [5.74, 6) is -0.131. The third-order valence-electron chi connectivity index (χ3n) is 4.08. The van der Waals surface area contributed by atoms with Crippen LogP contribution < -0.4 is 20.1 Å². The molecule has 0 saturated carbocycles. The van der Waals surface area contributed by atoms with Crippen molar-refractivity contribution in [2.24, 2.45) is 0 Å². The topological polar surface area (TPSA) is 114 Å². The van der Waals surface area contributed by atoms with Gasteiger partial charge in [-0.2, -0.15) is 8.42 Å². The molecule has 9 heteroatoms. The molecule has 3 amide bonds. The molecule has 0 aliphatic carbocycles. The van der Waals surface area contributed by atoms with Gasteiger partial charge >= 0.3 is 16.1 Å². The summed E-state index contributed by atoms with van der Waals surface area (Å²) >= 11 is 0. The van der Waals surface area contributed by atoms with Gasteiger partial charge in [0.15, 0.2) is 0 Å². The minimum Gasteiger partial charge on any atom is -0.379 e. The number of carbonyl (C=O) groups excluding carboxylic acids is 2. The van der Waals surface area contributed by atoms with Crippen LogP contribution in [0.25, 0.3) is 0 Å². The maximum Gasteiger partial charge on any atom is 0.339 e. The van der Waals surface area contributed by atoms with Crippen LogP contribution in [0.1, 0.15) is 13.3 Å². The molecule has 3 aromatic rings. The second-order valence-electron chi connectivity index (χ2n) is 6.44. The molecular formula is C22H21N3O5S. The van der Waals surface area contributed by atoms with Crippen molar-refractivity contribution < 1.29 is 22.2 Å². The van der Waals surface area contributed by atoms with Crippen LogP contribution in [0.4, 0.5) is 21.9 Å². The van der Waals surface area contributed by atoms with Crippen molar-refractivity contribution in [3.05, 3.63) is 78.9 Å². The molecule has 0 saturated heterocycles. The van der Waals surface area contributed by atoms with E-state index in [9.17, 15) is 18.0 Å². The van der Waals surface area contributed by atoms with Gasteiger partial charge in [0, 0.05) is 29.5 Å². The van der Waals surface area contributed by atoms with Gasteiger partial charge in [0.05, 0.1) is 0 Å². The Morgan fingerprint density at radius 1 is 0.774 bits per heavy atom. The number of amides is 3. The highest BCUT2D eigenvalue weighted by molar-refractivity contribution is 7.87. The number of benzene rings is 3. The molecule has 0 aromatic heterocycles. The summed E-state index contributed by atoms with van der Waals surface area (Å²) in [6, 6.07) is 20.1. The molecule has 0 fully saturated rings. The van der Waals surface area contributed by atoms with E-state index in [2.05, 4.69) is 16.0 Å². The van der Waals surface area contributed by atoms with Crippen molar-refractivity contribution >= 4 is 39.1 Å². The molecule has 0 atom stereocenters. The van der Waals surface area contributed by atoms with E-state index >= 15 is 0 Å². The fourth-order valence-corrected chi connectivity index (χ4v) is 3.49. The molecular weight excluding hydrogens is 418 g/mol. The lowest BCUT2D eigenvalue weighted by Crippen LogP contribution is -2.19. The maximum atomic E-state index is 12.6. The number of nitrogens with one attached hydrogen (secondary N) is 3. The SMILES string of the molecule is CCC(=O)Nc1ccc(S(=O)(=O)Oc2cccc(NC(=O)Nc3ccccc3)c2)cc1. The minimum absolute atomic E-state index is 0.0425. The monoisotopic (exact) mass is 439 g/mol. The van der Waals surface area contributed by atoms with E-state index < -0.39 is 16.1 Å². The normalized spacial score (nSPS) is 10.7. The largest absolute Gasteiger partial charge is 0.379 e. The van der Waals surface area contributed by atoms with E-state index in [0.717, 1.165) is 0 Å². The van der Waals surface area contributed by atoms with E-state index in [4.69, 9.17) is 4.18 Å². The lowest BCUT2D eigenvalue weighted by molar-refractivity contribution is -0.115. The molecule has 0 spiro atoms. The lowest BCUT2D eigenvalue weighted by atomic mass is 10.3. The predicted molar refractivity (Wildman–Crippen MR) is 119 cm³/mol. The highest BCUT2D eigenvalue weighted by Gasteiger charge is 2.17. The summed E-state index contributed by atoms with van der Waals surface area (Å²) in [4.78, 5) is 23.5. The van der Waals surface area contributed by atoms with E-state index in [-0.39, 0.29) is 16.6 Å². The van der Waals surface area contributed by atoms with Crippen LogP contribution in [-0.4, -0.2) is 20.4 Å². The second-order valence-corrected chi connectivity index (χ2v) is 7.98. The fraction of sp³-hybridized carbons (Fsp3) is 0.0909. The molecule has 0 aliphatic heterocycles.